The van der Waals surface area contributed by atoms with Gasteiger partial charge in [-0.05, 0) is 43.4 Å². The van der Waals surface area contributed by atoms with Crippen LogP contribution in [0.1, 0.15) is 50.7 Å². The summed E-state index contributed by atoms with van der Waals surface area (Å²) in [6, 6.07) is 6.55. The predicted molar refractivity (Wildman–Crippen MR) is 85.6 cm³/mol. The van der Waals surface area contributed by atoms with Gasteiger partial charge in [-0.15, -0.1) is 0 Å². The summed E-state index contributed by atoms with van der Waals surface area (Å²) in [5, 5.41) is 0. The van der Waals surface area contributed by atoms with Gasteiger partial charge in [-0.25, -0.2) is 0 Å². The normalized spacial score (nSPS) is 16.1. The van der Waals surface area contributed by atoms with Crippen LogP contribution in [0.4, 0.5) is 0 Å². The molecule has 2 rings (SSSR count). The van der Waals surface area contributed by atoms with Crippen molar-refractivity contribution in [2.45, 2.75) is 58.4 Å². The van der Waals surface area contributed by atoms with Gasteiger partial charge >= 0.3 is 0 Å². The van der Waals surface area contributed by atoms with Crippen LogP contribution in [-0.4, -0.2) is 18.4 Å². The second kappa shape index (κ2) is 7.60. The Balaban J connectivity index is 1.75. The number of carbonyl (C=O) groups excluding carboxylic acids is 1. The van der Waals surface area contributed by atoms with Crippen LogP contribution in [0.3, 0.4) is 0 Å². The molecule has 3 nitrogen and oxygen atoms in total. The van der Waals surface area contributed by atoms with Crippen LogP contribution in [0.15, 0.2) is 18.2 Å². The maximum absolute atomic E-state index is 12.2. The summed E-state index contributed by atoms with van der Waals surface area (Å²) >= 11 is 0. The van der Waals surface area contributed by atoms with E-state index in [9.17, 15) is 4.79 Å². The molecule has 0 spiro atoms. The lowest BCUT2D eigenvalue weighted by Gasteiger charge is -2.11. The van der Waals surface area contributed by atoms with Crippen LogP contribution >= 0.6 is 0 Å². The number of ether oxygens (including phenoxy) is 1. The van der Waals surface area contributed by atoms with Crippen molar-refractivity contribution in [2.24, 2.45) is 11.7 Å². The molecule has 116 valence electrons. The van der Waals surface area contributed by atoms with E-state index in [0.717, 1.165) is 44.5 Å². The fraction of sp³-hybridized carbons (Fsp3) is 0.611. The largest absolute Gasteiger partial charge is 0.493 e. The number of carbonyl (C=O) groups is 1. The zero-order valence-electron chi connectivity index (χ0n) is 13.2. The Morgan fingerprint density at radius 3 is 2.90 bits per heavy atom. The fourth-order valence-corrected chi connectivity index (χ4v) is 2.82. The van der Waals surface area contributed by atoms with E-state index in [1.807, 2.05) is 19.9 Å². The number of hydrogen-bond donors (Lipinski definition) is 1. The number of Topliss-reactive ketones (excluding diaryl/α,β-unsaturated/α-hetero) is 1. The van der Waals surface area contributed by atoms with Gasteiger partial charge in [0, 0.05) is 24.8 Å². The zero-order chi connectivity index (χ0) is 15.2. The first-order chi connectivity index (χ1) is 10.1. The van der Waals surface area contributed by atoms with Crippen LogP contribution < -0.4 is 10.5 Å². The van der Waals surface area contributed by atoms with Crippen LogP contribution in [0, 0.1) is 5.92 Å². The van der Waals surface area contributed by atoms with Crippen molar-refractivity contribution in [1.82, 2.24) is 0 Å². The highest BCUT2D eigenvalue weighted by Crippen LogP contribution is 2.26. The number of fused-ring (bicyclic) bond motifs is 1. The van der Waals surface area contributed by atoms with E-state index in [1.54, 1.807) is 0 Å². The van der Waals surface area contributed by atoms with Gasteiger partial charge in [0.15, 0.2) is 0 Å². The van der Waals surface area contributed by atoms with Crippen molar-refractivity contribution in [3.8, 4) is 5.75 Å². The first-order valence-electron chi connectivity index (χ1n) is 8.09. The van der Waals surface area contributed by atoms with E-state index in [-0.39, 0.29) is 12.0 Å². The summed E-state index contributed by atoms with van der Waals surface area (Å²) in [5.74, 6) is 1.53. The van der Waals surface area contributed by atoms with Gasteiger partial charge in [-0.2, -0.15) is 0 Å². The zero-order valence-corrected chi connectivity index (χ0v) is 13.2. The number of ketones is 1. The van der Waals surface area contributed by atoms with E-state index in [0.29, 0.717) is 12.2 Å². The fourth-order valence-electron chi connectivity index (χ4n) is 2.82. The minimum atomic E-state index is 0.154. The number of aryl methyl sites for hydroxylation is 1. The molecule has 1 heterocycles. The number of hydrogen-bond acceptors (Lipinski definition) is 3. The Morgan fingerprint density at radius 2 is 2.14 bits per heavy atom. The molecule has 0 fully saturated rings. The first kappa shape index (κ1) is 16.0. The minimum Gasteiger partial charge on any atom is -0.493 e. The number of benzene rings is 1. The lowest BCUT2D eigenvalue weighted by atomic mass is 9.94. The van der Waals surface area contributed by atoms with Crippen molar-refractivity contribution in [2.75, 3.05) is 6.61 Å². The van der Waals surface area contributed by atoms with Gasteiger partial charge in [0.25, 0.3) is 0 Å². The van der Waals surface area contributed by atoms with E-state index >= 15 is 0 Å². The predicted octanol–water partition coefficient (Wildman–Crippen LogP) is 3.28. The van der Waals surface area contributed by atoms with E-state index in [4.69, 9.17) is 10.5 Å². The second-order valence-corrected chi connectivity index (χ2v) is 6.32. The molecule has 2 N–H and O–H groups in total. The first-order valence-corrected chi connectivity index (χ1v) is 8.09. The Hall–Kier alpha value is -1.35. The molecule has 3 heteroatoms. The van der Waals surface area contributed by atoms with Crippen molar-refractivity contribution < 1.29 is 9.53 Å². The third kappa shape index (κ3) is 4.85. The molecular formula is C18H27NO2. The molecule has 21 heavy (non-hydrogen) atoms. The van der Waals surface area contributed by atoms with E-state index in [1.165, 1.54) is 11.1 Å². The molecule has 0 saturated carbocycles. The average molecular weight is 289 g/mol. The molecule has 0 bridgehead atoms. The molecule has 1 aliphatic rings. The summed E-state index contributed by atoms with van der Waals surface area (Å²) in [5.41, 5.74) is 8.27. The molecule has 2 unspecified atom stereocenters. The maximum atomic E-state index is 12.2. The van der Waals surface area contributed by atoms with Crippen molar-refractivity contribution in [1.29, 1.82) is 0 Å². The van der Waals surface area contributed by atoms with E-state index < -0.39 is 0 Å². The number of rotatable bonds is 8. The lowest BCUT2D eigenvalue weighted by Crippen LogP contribution is -2.16. The minimum absolute atomic E-state index is 0.154. The lowest BCUT2D eigenvalue weighted by molar-refractivity contribution is -0.122. The second-order valence-electron chi connectivity index (χ2n) is 6.32. The third-order valence-electron chi connectivity index (χ3n) is 4.26. The van der Waals surface area contributed by atoms with E-state index in [2.05, 4.69) is 12.1 Å². The molecule has 1 aromatic rings. The molecule has 0 saturated heterocycles. The summed E-state index contributed by atoms with van der Waals surface area (Å²) in [4.78, 5) is 12.2. The molecule has 0 radical (unpaired) electrons. The topological polar surface area (TPSA) is 52.3 Å². The van der Waals surface area contributed by atoms with Crippen molar-refractivity contribution in [3.05, 3.63) is 29.3 Å². The molecule has 2 atom stereocenters. The van der Waals surface area contributed by atoms with Gasteiger partial charge in [-0.3, -0.25) is 4.79 Å². The molecule has 1 aliphatic heterocycles. The van der Waals surface area contributed by atoms with Crippen LogP contribution in [0.25, 0.3) is 0 Å². The highest BCUT2D eigenvalue weighted by Gasteiger charge is 2.15. The Kier molecular flexibility index (Phi) is 5.80. The molecule has 1 aromatic carbocycles. The smallest absolute Gasteiger partial charge is 0.136 e. The van der Waals surface area contributed by atoms with Crippen LogP contribution in [-0.2, 0) is 17.6 Å². The Labute approximate surface area is 127 Å². The molecule has 0 aliphatic carbocycles. The summed E-state index contributed by atoms with van der Waals surface area (Å²) in [6.07, 6.45) is 5.47. The van der Waals surface area contributed by atoms with Crippen molar-refractivity contribution >= 4 is 5.78 Å². The Morgan fingerprint density at radius 1 is 1.33 bits per heavy atom. The standard InChI is InChI=1S/C18H27NO2/c1-13(4-3-5-14(2)19)17(20)8-6-15-7-9-18-16(12-15)10-11-21-18/h7,9,12-14H,3-6,8,10-11,19H2,1-2H3. The van der Waals surface area contributed by atoms with Crippen molar-refractivity contribution in [3.63, 3.8) is 0 Å². The molecule has 0 aromatic heterocycles. The Bertz CT molecular complexity index is 482. The monoisotopic (exact) mass is 289 g/mol. The maximum Gasteiger partial charge on any atom is 0.136 e. The average Bonchev–Trinajstić information content (AvgIpc) is 2.91. The number of nitrogens with two attached hydrogens (primary N) is 1. The van der Waals surface area contributed by atoms with Gasteiger partial charge in [0.1, 0.15) is 11.5 Å². The highest BCUT2D eigenvalue weighted by atomic mass is 16.5. The van der Waals surface area contributed by atoms with Gasteiger partial charge in [-0.1, -0.05) is 25.5 Å². The van der Waals surface area contributed by atoms with Gasteiger partial charge in [0.2, 0.25) is 0 Å². The third-order valence-corrected chi connectivity index (χ3v) is 4.26. The summed E-state index contributed by atoms with van der Waals surface area (Å²) < 4.78 is 5.50. The highest BCUT2D eigenvalue weighted by molar-refractivity contribution is 5.80. The van der Waals surface area contributed by atoms with Gasteiger partial charge < -0.3 is 10.5 Å². The summed E-state index contributed by atoms with van der Waals surface area (Å²) in [6.45, 7) is 4.85. The molecular weight excluding hydrogens is 262 g/mol. The van der Waals surface area contributed by atoms with Gasteiger partial charge in [0.05, 0.1) is 6.61 Å². The van der Waals surface area contributed by atoms with Crippen LogP contribution in [0.2, 0.25) is 0 Å². The quantitative estimate of drug-likeness (QED) is 0.799. The summed E-state index contributed by atoms with van der Waals surface area (Å²) in [7, 11) is 0. The molecule has 0 amide bonds. The SMILES string of the molecule is CC(N)CCCC(C)C(=O)CCc1ccc2c(c1)CCO2. The van der Waals surface area contributed by atoms with Crippen LogP contribution in [0.5, 0.6) is 5.75 Å².